The average Bonchev–Trinajstić information content (AvgIpc) is 3.34. The third-order valence-corrected chi connectivity index (χ3v) is 7.59. The maximum atomic E-state index is 14.4. The van der Waals surface area contributed by atoms with Gasteiger partial charge in [0.05, 0.1) is 35.7 Å². The molecule has 1 aliphatic carbocycles. The number of imidazole rings is 1. The van der Waals surface area contributed by atoms with Crippen LogP contribution in [0.4, 0.5) is 26.7 Å². The Balaban J connectivity index is 1.35. The first-order valence-corrected chi connectivity index (χ1v) is 13.4. The van der Waals surface area contributed by atoms with Crippen LogP contribution in [0.3, 0.4) is 0 Å². The zero-order valence-electron chi connectivity index (χ0n) is 21.9. The zero-order valence-corrected chi connectivity index (χ0v) is 21.9. The standard InChI is InChI=1S/C27H29F5N6O3/c28-26(29)8-4-7-17(11-26)22(36-25(40)41-15-16-5-2-1-3-6-16)21-14-38-24(35-21)34-13-20(37-38)10-18-9-19(27(30,31)32)12-33-23(18)39/h1-3,5-6,13-14,17-19,22H,4,7-12,15H2,(H,33,39)(H,36,40)/t17-,18-,19-,22+/m1/s1. The molecule has 0 radical (unpaired) electrons. The van der Waals surface area contributed by atoms with Crippen LogP contribution in [0, 0.1) is 17.8 Å². The molecule has 2 aliphatic rings. The van der Waals surface area contributed by atoms with Gasteiger partial charge in [-0.15, -0.1) is 0 Å². The van der Waals surface area contributed by atoms with Crippen LogP contribution in [-0.4, -0.2) is 50.2 Å². The number of nitrogens with zero attached hydrogens (tertiary/aromatic N) is 4. The summed E-state index contributed by atoms with van der Waals surface area (Å²) < 4.78 is 75.0. The molecular weight excluding hydrogens is 551 g/mol. The molecule has 0 unspecified atom stereocenters. The third kappa shape index (κ3) is 7.09. The highest BCUT2D eigenvalue weighted by Gasteiger charge is 2.45. The number of alkyl halides is 5. The van der Waals surface area contributed by atoms with Gasteiger partial charge >= 0.3 is 12.3 Å². The summed E-state index contributed by atoms with van der Waals surface area (Å²) in [5.74, 6) is -6.51. The van der Waals surface area contributed by atoms with Crippen molar-refractivity contribution < 1.29 is 36.3 Å². The van der Waals surface area contributed by atoms with Crippen molar-refractivity contribution in [1.29, 1.82) is 0 Å². The lowest BCUT2D eigenvalue weighted by atomic mass is 9.81. The van der Waals surface area contributed by atoms with Gasteiger partial charge in [-0.1, -0.05) is 30.3 Å². The Hall–Kier alpha value is -3.84. The van der Waals surface area contributed by atoms with E-state index in [4.69, 9.17) is 4.74 Å². The summed E-state index contributed by atoms with van der Waals surface area (Å²) in [7, 11) is 0. The Labute approximate surface area is 231 Å². The van der Waals surface area contributed by atoms with Crippen LogP contribution in [0.1, 0.15) is 55.1 Å². The number of nitrogens with one attached hydrogen (secondary N) is 2. The number of hydrogen-bond acceptors (Lipinski definition) is 6. The Morgan fingerprint density at radius 1 is 1.24 bits per heavy atom. The summed E-state index contributed by atoms with van der Waals surface area (Å²) in [6, 6.07) is 8.05. The molecule has 0 spiro atoms. The molecule has 3 heterocycles. The van der Waals surface area contributed by atoms with E-state index in [9.17, 15) is 31.5 Å². The molecule has 4 atom stereocenters. The van der Waals surface area contributed by atoms with E-state index < -0.39 is 60.9 Å². The van der Waals surface area contributed by atoms with E-state index in [1.165, 1.54) is 16.9 Å². The quantitative estimate of drug-likeness (QED) is 0.390. The highest BCUT2D eigenvalue weighted by atomic mass is 19.4. The van der Waals surface area contributed by atoms with Crippen LogP contribution in [0.25, 0.3) is 5.78 Å². The summed E-state index contributed by atoms with van der Waals surface area (Å²) in [5.41, 5.74) is 1.26. The zero-order chi connectivity index (χ0) is 29.2. The second kappa shape index (κ2) is 11.6. The number of fused-ring (bicyclic) bond motifs is 1. The third-order valence-electron chi connectivity index (χ3n) is 7.59. The SMILES string of the molecule is O=C(N[C@H](c1cn2nc(C[C@H]3C[C@@H](C(F)(F)F)CNC3=O)cnc2n1)[C@@H]1CCCC(F)(F)C1)OCc1ccccc1. The number of piperidine rings is 1. The summed E-state index contributed by atoms with van der Waals surface area (Å²) in [6.07, 6.45) is -2.89. The van der Waals surface area contributed by atoms with Crippen molar-refractivity contribution in [2.45, 2.75) is 63.3 Å². The highest BCUT2D eigenvalue weighted by Crippen LogP contribution is 2.42. The number of alkyl carbamates (subject to hydrolysis) is 1. The minimum atomic E-state index is -4.43. The first-order chi connectivity index (χ1) is 19.5. The molecule has 2 aromatic heterocycles. The number of rotatable bonds is 7. The molecule has 9 nitrogen and oxygen atoms in total. The normalized spacial score (nSPS) is 23.5. The summed E-state index contributed by atoms with van der Waals surface area (Å²) in [4.78, 5) is 33.6. The molecule has 2 fully saturated rings. The molecule has 2 amide bonds. The van der Waals surface area contributed by atoms with Crippen molar-refractivity contribution in [1.82, 2.24) is 30.2 Å². The summed E-state index contributed by atoms with van der Waals surface area (Å²) in [6.45, 7) is -0.474. The van der Waals surface area contributed by atoms with Crippen LogP contribution in [-0.2, 0) is 22.6 Å². The van der Waals surface area contributed by atoms with Gasteiger partial charge in [-0.2, -0.15) is 18.3 Å². The van der Waals surface area contributed by atoms with Gasteiger partial charge in [-0.3, -0.25) is 4.79 Å². The molecule has 5 rings (SSSR count). The van der Waals surface area contributed by atoms with E-state index >= 15 is 0 Å². The highest BCUT2D eigenvalue weighted by molar-refractivity contribution is 5.79. The van der Waals surface area contributed by atoms with Crippen molar-refractivity contribution in [2.75, 3.05) is 6.54 Å². The van der Waals surface area contributed by atoms with E-state index in [0.29, 0.717) is 6.42 Å². The van der Waals surface area contributed by atoms with Gasteiger partial charge in [0.1, 0.15) is 6.61 Å². The van der Waals surface area contributed by atoms with Crippen LogP contribution in [0.2, 0.25) is 0 Å². The number of carbonyl (C=O) groups is 2. The smallest absolute Gasteiger partial charge is 0.408 e. The second-order valence-electron chi connectivity index (χ2n) is 10.7. The average molecular weight is 581 g/mol. The number of hydrogen-bond donors (Lipinski definition) is 2. The van der Waals surface area contributed by atoms with Crippen LogP contribution < -0.4 is 10.6 Å². The molecule has 220 valence electrons. The van der Waals surface area contributed by atoms with Crippen molar-refractivity contribution in [3.63, 3.8) is 0 Å². The predicted octanol–water partition coefficient (Wildman–Crippen LogP) is 4.77. The van der Waals surface area contributed by atoms with Gasteiger partial charge in [0.2, 0.25) is 11.8 Å². The molecule has 3 aromatic rings. The first kappa shape index (κ1) is 28.7. The first-order valence-electron chi connectivity index (χ1n) is 13.4. The fourth-order valence-electron chi connectivity index (χ4n) is 5.48. The number of benzene rings is 1. The molecule has 14 heteroatoms. The molecule has 1 aromatic carbocycles. The van der Waals surface area contributed by atoms with Gasteiger partial charge in [-0.25, -0.2) is 28.1 Å². The van der Waals surface area contributed by atoms with Crippen molar-refractivity contribution >= 4 is 17.8 Å². The molecule has 0 bridgehead atoms. The van der Waals surface area contributed by atoms with E-state index in [2.05, 4.69) is 25.7 Å². The van der Waals surface area contributed by atoms with Gasteiger partial charge in [0.15, 0.2) is 0 Å². The van der Waals surface area contributed by atoms with Gasteiger partial charge in [0.25, 0.3) is 5.78 Å². The van der Waals surface area contributed by atoms with Crippen molar-refractivity contribution in [2.24, 2.45) is 17.8 Å². The minimum absolute atomic E-state index is 0.0121. The Kier molecular flexibility index (Phi) is 8.09. The van der Waals surface area contributed by atoms with Crippen molar-refractivity contribution in [3.05, 3.63) is 59.7 Å². The van der Waals surface area contributed by atoms with Crippen LogP contribution in [0.15, 0.2) is 42.7 Å². The summed E-state index contributed by atoms with van der Waals surface area (Å²) in [5, 5.41) is 9.36. The number of halogens is 5. The number of ether oxygens (including phenoxy) is 1. The molecule has 41 heavy (non-hydrogen) atoms. The maximum Gasteiger partial charge on any atom is 0.408 e. The van der Waals surface area contributed by atoms with Crippen molar-refractivity contribution in [3.8, 4) is 0 Å². The molecule has 1 aliphatic heterocycles. The minimum Gasteiger partial charge on any atom is -0.445 e. The lowest BCUT2D eigenvalue weighted by Gasteiger charge is -2.33. The fraction of sp³-hybridized carbons (Fsp3) is 0.519. The largest absolute Gasteiger partial charge is 0.445 e. The fourth-order valence-corrected chi connectivity index (χ4v) is 5.48. The van der Waals surface area contributed by atoms with E-state index in [0.717, 1.165) is 5.56 Å². The van der Waals surface area contributed by atoms with E-state index in [-0.39, 0.29) is 49.5 Å². The maximum absolute atomic E-state index is 14.4. The van der Waals surface area contributed by atoms with Crippen LogP contribution >= 0.6 is 0 Å². The van der Waals surface area contributed by atoms with Gasteiger partial charge in [-0.05, 0) is 30.7 Å². The van der Waals surface area contributed by atoms with Gasteiger partial charge in [0, 0.05) is 31.7 Å². The summed E-state index contributed by atoms with van der Waals surface area (Å²) >= 11 is 0. The molecule has 2 N–H and O–H groups in total. The van der Waals surface area contributed by atoms with E-state index in [1.54, 1.807) is 24.3 Å². The molecular formula is C27H29F5N6O3. The number of carbonyl (C=O) groups excluding carboxylic acids is 2. The lowest BCUT2D eigenvalue weighted by Crippen LogP contribution is -2.47. The van der Waals surface area contributed by atoms with E-state index in [1.807, 2.05) is 6.07 Å². The topological polar surface area (TPSA) is 111 Å². The second-order valence-corrected chi connectivity index (χ2v) is 10.7. The van der Waals surface area contributed by atoms with Gasteiger partial charge < -0.3 is 15.4 Å². The predicted molar refractivity (Wildman–Crippen MR) is 135 cm³/mol. The Morgan fingerprint density at radius 2 is 2.02 bits per heavy atom. The molecule has 1 saturated carbocycles. The Bertz CT molecular complexity index is 1380. The lowest BCUT2D eigenvalue weighted by molar-refractivity contribution is -0.183. The molecule has 1 saturated heterocycles. The monoisotopic (exact) mass is 580 g/mol. The van der Waals surface area contributed by atoms with Crippen LogP contribution in [0.5, 0.6) is 0 Å². The number of amides is 2. The Morgan fingerprint density at radius 3 is 2.76 bits per heavy atom. The number of aromatic nitrogens is 4.